The lowest BCUT2D eigenvalue weighted by Crippen LogP contribution is -2.59. The molecule has 20 nitrogen and oxygen atoms in total. The first-order valence-corrected chi connectivity index (χ1v) is 25.9. The minimum absolute atomic E-state index is 0.0500. The number of likely N-dealkylation sites (N-methyl/N-ethyl adjacent to an activating group) is 1. The van der Waals surface area contributed by atoms with Crippen LogP contribution in [0, 0.1) is 11.2 Å². The van der Waals surface area contributed by atoms with Crippen molar-refractivity contribution >= 4 is 58.1 Å². The molecular weight excluding hydrogens is 990 g/mol. The fourth-order valence-electron chi connectivity index (χ4n) is 8.41. The van der Waals surface area contributed by atoms with Gasteiger partial charge in [-0.15, -0.1) is 0 Å². The number of aromatic amines is 1. The van der Waals surface area contributed by atoms with Gasteiger partial charge in [-0.3, -0.25) is 29.0 Å². The smallest absolute Gasteiger partial charge is 0.268 e. The van der Waals surface area contributed by atoms with E-state index in [-0.39, 0.29) is 88.9 Å². The number of hydrogen-bond donors (Lipinski definition) is 5. The van der Waals surface area contributed by atoms with Crippen molar-refractivity contribution in [3.63, 3.8) is 0 Å². The monoisotopic (exact) mass is 1060 g/mol. The Morgan fingerprint density at radius 2 is 1.60 bits per heavy atom. The summed E-state index contributed by atoms with van der Waals surface area (Å²) >= 11 is 0. The predicted octanol–water partition coefficient (Wildman–Crippen LogP) is 5.27. The molecule has 1 aliphatic heterocycles. The number of halogens is 1. The van der Waals surface area contributed by atoms with Gasteiger partial charge in [-0.1, -0.05) is 70.2 Å². The van der Waals surface area contributed by atoms with Crippen LogP contribution in [0.2, 0.25) is 0 Å². The van der Waals surface area contributed by atoms with Crippen molar-refractivity contribution in [1.29, 1.82) is 0 Å². The highest BCUT2D eigenvalue weighted by atomic mass is 19.1. The van der Waals surface area contributed by atoms with Gasteiger partial charge >= 0.3 is 0 Å². The molecular formula is C56H72FN11O9. The summed E-state index contributed by atoms with van der Waals surface area (Å²) in [5.74, 6) is -2.14. The number of nitrogens with zero attached hydrogens (tertiary/aromatic N) is 6. The third kappa shape index (κ3) is 17.4. The molecule has 4 atom stereocenters. The van der Waals surface area contributed by atoms with Gasteiger partial charge in [-0.25, -0.2) is 19.0 Å². The predicted molar refractivity (Wildman–Crippen MR) is 291 cm³/mol. The first-order chi connectivity index (χ1) is 37.1. The van der Waals surface area contributed by atoms with Crippen molar-refractivity contribution in [2.45, 2.75) is 91.0 Å². The Balaban J connectivity index is 0.852. The molecule has 21 heteroatoms. The molecule has 3 aromatic heterocycles. The maximum absolute atomic E-state index is 14.3. The minimum Gasteiger partial charge on any atom is -0.404 e. The third-order valence-corrected chi connectivity index (χ3v) is 12.8. The number of carbonyl (C=O) groups is 5. The van der Waals surface area contributed by atoms with Gasteiger partial charge in [-0.05, 0) is 61.6 Å². The molecule has 0 saturated carbocycles. The zero-order valence-corrected chi connectivity index (χ0v) is 44.8. The molecule has 412 valence electrons. The number of H-pyrrole nitrogens is 1. The van der Waals surface area contributed by atoms with Crippen LogP contribution in [0.4, 0.5) is 4.39 Å². The number of aliphatic imine (C=N–C) groups is 2. The van der Waals surface area contributed by atoms with Crippen molar-refractivity contribution in [2.24, 2.45) is 21.1 Å². The molecule has 5 aromatic rings. The maximum Gasteiger partial charge on any atom is 0.268 e. The standard InChI is InChI=1S/C56H72FN11O9/c1-7-47(39-13-9-8-10-14-39)65-54(72)48-28-44(36-67(48)55(73)51(56(3,4)5)66-53(71)37(2)59-6)64-49(69)16-18-74-20-22-76-24-25-77-23-21-75-19-17-50(70)68-35-42(33-63-68)40-27-45-46(34-62-52(45)61-32-40)41(29-58)31-60-30-38-12-11-15-43(57)26-38/h8-15,26-27,29,31-35,37,44,48,51,59H,7,16-25,28,30,36,58H2,1-6H3,(H,61,62)(H,64,69)(H,66,71)/t37-,44?,48-,51+/m0/s1. The Morgan fingerprint density at radius 3 is 2.25 bits per heavy atom. The Hall–Kier alpha value is -7.30. The lowest BCUT2D eigenvalue weighted by molar-refractivity contribution is -0.143. The van der Waals surface area contributed by atoms with Crippen LogP contribution in [0.3, 0.4) is 0 Å². The SMILES string of the molecule is CCC(=NC(=O)[C@@H]1CC(NC(=O)CCOCCOCCOCCOCCC(=O)n2cc(-c3cnc4[nH]cc(C(C=NCc5cccc(F)c5)=CN)c4c3)cn2)CN1C(=O)[C@@H](NC(=O)[C@H](C)NC)C(C)(C)C)c1ccccc1. The highest BCUT2D eigenvalue weighted by Crippen LogP contribution is 2.29. The van der Waals surface area contributed by atoms with E-state index in [2.05, 4.69) is 41.0 Å². The second kappa shape index (κ2) is 29.3. The van der Waals surface area contributed by atoms with Gasteiger partial charge in [0.2, 0.25) is 23.6 Å². The van der Waals surface area contributed by atoms with Crippen LogP contribution in [-0.2, 0) is 44.7 Å². The van der Waals surface area contributed by atoms with Crippen molar-refractivity contribution in [1.82, 2.24) is 40.6 Å². The topological polar surface area (TPSA) is 259 Å². The molecule has 0 radical (unpaired) electrons. The molecule has 0 spiro atoms. The molecule has 77 heavy (non-hydrogen) atoms. The molecule has 1 fully saturated rings. The zero-order valence-electron chi connectivity index (χ0n) is 44.8. The van der Waals surface area contributed by atoms with E-state index in [9.17, 15) is 28.4 Å². The van der Waals surface area contributed by atoms with Gasteiger partial charge < -0.3 is 50.5 Å². The van der Waals surface area contributed by atoms with Gasteiger partial charge in [0.15, 0.2) is 0 Å². The lowest BCUT2D eigenvalue weighted by atomic mass is 9.85. The Kier molecular flexibility index (Phi) is 22.4. The third-order valence-electron chi connectivity index (χ3n) is 12.8. The van der Waals surface area contributed by atoms with Crippen LogP contribution in [-0.4, -0.2) is 157 Å². The number of benzene rings is 2. The molecule has 1 saturated heterocycles. The highest BCUT2D eigenvalue weighted by Gasteiger charge is 2.45. The summed E-state index contributed by atoms with van der Waals surface area (Å²) in [4.78, 5) is 85.3. The van der Waals surface area contributed by atoms with Crippen LogP contribution in [0.25, 0.3) is 27.7 Å². The normalized spacial score (nSPS) is 16.0. The van der Waals surface area contributed by atoms with Gasteiger partial charge in [0.1, 0.15) is 23.5 Å². The van der Waals surface area contributed by atoms with Crippen LogP contribution < -0.4 is 21.7 Å². The Labute approximate surface area is 448 Å². The number of amides is 4. The molecule has 1 aliphatic rings. The summed E-state index contributed by atoms with van der Waals surface area (Å²) in [6.45, 7) is 11.5. The van der Waals surface area contributed by atoms with Crippen molar-refractivity contribution in [2.75, 3.05) is 66.4 Å². The summed E-state index contributed by atoms with van der Waals surface area (Å²) in [6, 6.07) is 14.6. The molecule has 6 N–H and O–H groups in total. The van der Waals surface area contributed by atoms with Gasteiger partial charge in [0, 0.05) is 77.7 Å². The van der Waals surface area contributed by atoms with Crippen LogP contribution in [0.5, 0.6) is 0 Å². The molecule has 0 bridgehead atoms. The summed E-state index contributed by atoms with van der Waals surface area (Å²) in [5.41, 5.74) is 10.9. The maximum atomic E-state index is 14.3. The first-order valence-electron chi connectivity index (χ1n) is 25.9. The lowest BCUT2D eigenvalue weighted by Gasteiger charge is -2.35. The number of likely N-dealkylation sites (tertiary alicyclic amines) is 1. The molecule has 1 unspecified atom stereocenters. The molecule has 6 rings (SSSR count). The summed E-state index contributed by atoms with van der Waals surface area (Å²) in [6.07, 6.45) is 10.6. The zero-order chi connectivity index (χ0) is 55.3. The van der Waals surface area contributed by atoms with E-state index in [0.717, 1.165) is 27.6 Å². The number of nitrogens with one attached hydrogen (secondary N) is 4. The van der Waals surface area contributed by atoms with Crippen molar-refractivity contribution in [3.8, 4) is 11.1 Å². The van der Waals surface area contributed by atoms with Gasteiger partial charge in [0.05, 0.1) is 83.8 Å². The van der Waals surface area contributed by atoms with E-state index in [4.69, 9.17) is 24.7 Å². The van der Waals surface area contributed by atoms with E-state index >= 15 is 0 Å². The van der Waals surface area contributed by atoms with Crippen LogP contribution in [0.15, 0.2) is 102 Å². The number of allylic oxidation sites excluding steroid dienone is 1. The van der Waals surface area contributed by atoms with Crippen LogP contribution >= 0.6 is 0 Å². The largest absolute Gasteiger partial charge is 0.404 e. The molecule has 0 aliphatic carbocycles. The summed E-state index contributed by atoms with van der Waals surface area (Å²) < 4.78 is 37.3. The van der Waals surface area contributed by atoms with Crippen molar-refractivity contribution in [3.05, 3.63) is 114 Å². The number of pyridine rings is 1. The number of rotatable bonds is 28. The highest BCUT2D eigenvalue weighted by molar-refractivity contribution is 6.14. The molecule has 4 heterocycles. The quantitative estimate of drug-likeness (QED) is 0.0316. The number of carbonyl (C=O) groups excluding carboxylic acids is 5. The van der Waals surface area contributed by atoms with Crippen molar-refractivity contribution < 1.29 is 47.3 Å². The van der Waals surface area contributed by atoms with E-state index in [1.807, 2.05) is 64.1 Å². The average molecular weight is 1060 g/mol. The molecule has 4 amide bonds. The Bertz CT molecular complexity index is 2860. The number of aromatic nitrogens is 4. The van der Waals surface area contributed by atoms with E-state index in [0.29, 0.717) is 48.7 Å². The number of ether oxygens (including phenoxy) is 4. The molecule has 2 aromatic carbocycles. The fraction of sp³-hybridized carbons (Fsp3) is 0.446. The summed E-state index contributed by atoms with van der Waals surface area (Å²) in [5, 5.41) is 13.8. The Morgan fingerprint density at radius 1 is 0.909 bits per heavy atom. The van der Waals surface area contributed by atoms with Gasteiger partial charge in [-0.2, -0.15) is 5.10 Å². The number of fused-ring (bicyclic) bond motifs is 1. The summed E-state index contributed by atoms with van der Waals surface area (Å²) in [7, 11) is 1.65. The van der Waals surface area contributed by atoms with E-state index < -0.39 is 41.4 Å². The van der Waals surface area contributed by atoms with E-state index in [1.165, 1.54) is 27.9 Å². The van der Waals surface area contributed by atoms with Crippen LogP contribution in [0.1, 0.15) is 81.8 Å². The number of hydrogen-bond acceptors (Lipinski definition) is 14. The second-order valence-electron chi connectivity index (χ2n) is 19.5. The minimum atomic E-state index is -0.954. The number of nitrogens with two attached hydrogens (primary N) is 1. The second-order valence-corrected chi connectivity index (χ2v) is 19.5. The van der Waals surface area contributed by atoms with Gasteiger partial charge in [0.25, 0.3) is 5.91 Å². The fourth-order valence-corrected chi connectivity index (χ4v) is 8.41. The first kappa shape index (κ1) is 59.0. The van der Waals surface area contributed by atoms with E-state index in [1.54, 1.807) is 57.1 Å². The average Bonchev–Trinajstić information content (AvgIpc) is 4.20.